The van der Waals surface area contributed by atoms with Gasteiger partial charge in [0.05, 0.1) is 20.8 Å². The molecule has 0 aliphatic carbocycles. The van der Waals surface area contributed by atoms with Crippen molar-refractivity contribution >= 4 is 17.7 Å². The number of halogens is 1. The van der Waals surface area contributed by atoms with E-state index < -0.39 is 5.97 Å². The number of aliphatic imine (C=N–C) groups is 1. The number of hydrogen-bond acceptors (Lipinski definition) is 6. The topological polar surface area (TPSA) is 88.1 Å². The van der Waals surface area contributed by atoms with Crippen LogP contribution in [0.1, 0.15) is 29.3 Å². The Balaban J connectivity index is 1.67. The van der Waals surface area contributed by atoms with E-state index in [4.69, 9.17) is 9.47 Å². The van der Waals surface area contributed by atoms with Crippen molar-refractivity contribution in [2.24, 2.45) is 4.99 Å². The first-order valence-corrected chi connectivity index (χ1v) is 10.2. The summed E-state index contributed by atoms with van der Waals surface area (Å²) in [7, 11) is 2.84. The molecule has 1 unspecified atom stereocenters. The van der Waals surface area contributed by atoms with E-state index >= 15 is 0 Å². The third-order valence-corrected chi connectivity index (χ3v) is 5.00. The quantitative estimate of drug-likeness (QED) is 0.397. The Morgan fingerprint density at radius 1 is 1.35 bits per heavy atom. The monoisotopic (exact) mass is 429 g/mol. The molecule has 0 radical (unpaired) electrons. The van der Waals surface area contributed by atoms with E-state index in [1.54, 1.807) is 24.4 Å². The maximum absolute atomic E-state index is 14.0. The minimum atomic E-state index is -0.458. The number of anilines is 1. The second-order valence-electron chi connectivity index (χ2n) is 7.11. The predicted octanol–water partition coefficient (Wildman–Crippen LogP) is 2.35. The summed E-state index contributed by atoms with van der Waals surface area (Å²) in [5.74, 6) is 0.719. The number of esters is 1. The van der Waals surface area contributed by atoms with Crippen LogP contribution in [-0.2, 0) is 11.3 Å². The molecule has 1 aromatic heterocycles. The van der Waals surface area contributed by atoms with Gasteiger partial charge in [-0.25, -0.2) is 19.2 Å². The molecule has 0 spiro atoms. The van der Waals surface area contributed by atoms with Crippen molar-refractivity contribution in [1.29, 1.82) is 0 Å². The molecular weight excluding hydrogens is 401 g/mol. The smallest absolute Gasteiger partial charge is 0.341 e. The molecule has 2 heterocycles. The summed E-state index contributed by atoms with van der Waals surface area (Å²) >= 11 is 0. The van der Waals surface area contributed by atoms with Crippen molar-refractivity contribution in [3.63, 3.8) is 0 Å². The molecule has 1 fully saturated rings. The Morgan fingerprint density at radius 3 is 2.90 bits per heavy atom. The Hall–Kier alpha value is -3.36. The predicted molar refractivity (Wildman–Crippen MR) is 117 cm³/mol. The van der Waals surface area contributed by atoms with Crippen LogP contribution in [0.2, 0.25) is 0 Å². The first-order chi connectivity index (χ1) is 15.0. The second-order valence-corrected chi connectivity index (χ2v) is 7.11. The lowest BCUT2D eigenvalue weighted by molar-refractivity contribution is 0.0597. The average molecular weight is 429 g/mol. The van der Waals surface area contributed by atoms with Crippen LogP contribution < -0.4 is 20.3 Å². The number of nitrogens with zero attached hydrogens (tertiary/aromatic N) is 3. The Bertz CT molecular complexity index is 937. The fourth-order valence-corrected chi connectivity index (χ4v) is 3.49. The second kappa shape index (κ2) is 10.6. The number of aromatic nitrogens is 1. The number of hydrogen-bond donors (Lipinski definition) is 2. The molecule has 2 aromatic rings. The summed E-state index contributed by atoms with van der Waals surface area (Å²) in [6, 6.07) is 8.43. The van der Waals surface area contributed by atoms with Crippen molar-refractivity contribution in [2.45, 2.75) is 25.9 Å². The summed E-state index contributed by atoms with van der Waals surface area (Å²) in [5.41, 5.74) is 1.21. The van der Waals surface area contributed by atoms with Crippen molar-refractivity contribution in [3.05, 3.63) is 53.5 Å². The Morgan fingerprint density at radius 2 is 2.19 bits per heavy atom. The van der Waals surface area contributed by atoms with Crippen LogP contribution in [0.25, 0.3) is 0 Å². The average Bonchev–Trinajstić information content (AvgIpc) is 3.25. The van der Waals surface area contributed by atoms with Crippen LogP contribution in [-0.4, -0.2) is 56.8 Å². The lowest BCUT2D eigenvalue weighted by Gasteiger charge is -2.20. The lowest BCUT2D eigenvalue weighted by atomic mass is 10.1. The molecule has 1 saturated heterocycles. The molecule has 2 N–H and O–H groups in total. The zero-order valence-corrected chi connectivity index (χ0v) is 18.0. The minimum absolute atomic E-state index is 0.112. The summed E-state index contributed by atoms with van der Waals surface area (Å²) in [6.45, 7) is 4.41. The van der Waals surface area contributed by atoms with E-state index in [-0.39, 0.29) is 11.9 Å². The van der Waals surface area contributed by atoms with Gasteiger partial charge in [-0.2, -0.15) is 0 Å². The van der Waals surface area contributed by atoms with Crippen LogP contribution in [0.5, 0.6) is 5.75 Å². The lowest BCUT2D eigenvalue weighted by Crippen LogP contribution is -2.44. The van der Waals surface area contributed by atoms with Gasteiger partial charge in [0.1, 0.15) is 11.3 Å². The SMILES string of the molecule is CCNC(=NCc1ccc(OC)c(C(=O)OC)c1)NC1CCN(c2ncccc2F)C1. The zero-order chi connectivity index (χ0) is 22.2. The minimum Gasteiger partial charge on any atom is -0.496 e. The molecule has 0 saturated carbocycles. The molecule has 8 nitrogen and oxygen atoms in total. The van der Waals surface area contributed by atoms with Gasteiger partial charge in [0.2, 0.25) is 0 Å². The van der Waals surface area contributed by atoms with Gasteiger partial charge >= 0.3 is 5.97 Å². The summed E-state index contributed by atoms with van der Waals surface area (Å²) in [6.07, 6.45) is 2.44. The van der Waals surface area contributed by atoms with Crippen LogP contribution >= 0.6 is 0 Å². The number of benzene rings is 1. The van der Waals surface area contributed by atoms with Crippen LogP contribution in [0, 0.1) is 5.82 Å². The highest BCUT2D eigenvalue weighted by molar-refractivity contribution is 5.92. The van der Waals surface area contributed by atoms with E-state index in [9.17, 15) is 9.18 Å². The largest absolute Gasteiger partial charge is 0.496 e. The standard InChI is InChI=1S/C22H28FN5O3/c1-4-24-22(26-13-15-7-8-19(30-2)17(12-15)21(29)31-3)27-16-9-11-28(14-16)20-18(23)6-5-10-25-20/h5-8,10,12,16H,4,9,11,13-14H2,1-3H3,(H2,24,26,27). The third-order valence-electron chi connectivity index (χ3n) is 5.00. The summed E-state index contributed by atoms with van der Waals surface area (Å²) in [4.78, 5) is 22.7. The first-order valence-electron chi connectivity index (χ1n) is 10.2. The van der Waals surface area contributed by atoms with Crippen LogP contribution in [0.3, 0.4) is 0 Å². The molecule has 31 heavy (non-hydrogen) atoms. The molecular formula is C22H28FN5O3. The molecule has 0 amide bonds. The van der Waals surface area contributed by atoms with E-state index in [1.165, 1.54) is 20.3 Å². The summed E-state index contributed by atoms with van der Waals surface area (Å²) in [5, 5.41) is 6.64. The Kier molecular flexibility index (Phi) is 7.64. The molecule has 1 aromatic carbocycles. The van der Waals surface area contributed by atoms with E-state index in [1.807, 2.05) is 17.9 Å². The van der Waals surface area contributed by atoms with Gasteiger partial charge in [0, 0.05) is 31.9 Å². The Labute approximate surface area is 181 Å². The molecule has 9 heteroatoms. The zero-order valence-electron chi connectivity index (χ0n) is 18.0. The maximum atomic E-state index is 14.0. The fourth-order valence-electron chi connectivity index (χ4n) is 3.49. The molecule has 0 bridgehead atoms. The number of pyridine rings is 1. The van der Waals surface area contributed by atoms with Gasteiger partial charge in [-0.1, -0.05) is 6.07 Å². The normalized spacial score (nSPS) is 16.2. The molecule has 1 atom stereocenters. The van der Waals surface area contributed by atoms with Crippen LogP contribution in [0.4, 0.5) is 10.2 Å². The van der Waals surface area contributed by atoms with Crippen molar-refractivity contribution in [1.82, 2.24) is 15.6 Å². The van der Waals surface area contributed by atoms with Crippen LogP contribution in [0.15, 0.2) is 41.5 Å². The molecule has 166 valence electrons. The van der Waals surface area contributed by atoms with Crippen molar-refractivity contribution in [2.75, 3.05) is 38.8 Å². The fraction of sp³-hybridized carbons (Fsp3) is 0.409. The number of rotatable bonds is 7. The maximum Gasteiger partial charge on any atom is 0.341 e. The number of nitrogens with one attached hydrogen (secondary N) is 2. The molecule has 1 aliphatic rings. The third kappa shape index (κ3) is 5.62. The van der Waals surface area contributed by atoms with Crippen molar-refractivity contribution < 1.29 is 18.7 Å². The van der Waals surface area contributed by atoms with Gasteiger partial charge in [-0.05, 0) is 43.2 Å². The number of carbonyl (C=O) groups is 1. The number of guanidine groups is 1. The highest BCUT2D eigenvalue weighted by Gasteiger charge is 2.26. The van der Waals surface area contributed by atoms with Gasteiger partial charge in [-0.15, -0.1) is 0 Å². The van der Waals surface area contributed by atoms with E-state index in [0.717, 1.165) is 12.0 Å². The van der Waals surface area contributed by atoms with Gasteiger partial charge in [-0.3, -0.25) is 0 Å². The number of carbonyl (C=O) groups excluding carboxylic acids is 1. The van der Waals surface area contributed by atoms with Gasteiger partial charge in [0.15, 0.2) is 17.6 Å². The van der Waals surface area contributed by atoms with E-state index in [0.29, 0.717) is 49.3 Å². The van der Waals surface area contributed by atoms with Gasteiger partial charge < -0.3 is 25.0 Å². The molecule has 1 aliphatic heterocycles. The highest BCUT2D eigenvalue weighted by atomic mass is 19.1. The highest BCUT2D eigenvalue weighted by Crippen LogP contribution is 2.22. The van der Waals surface area contributed by atoms with Gasteiger partial charge in [0.25, 0.3) is 0 Å². The summed E-state index contributed by atoms with van der Waals surface area (Å²) < 4.78 is 24.1. The van der Waals surface area contributed by atoms with E-state index in [2.05, 4.69) is 20.6 Å². The molecule has 3 rings (SSSR count). The van der Waals surface area contributed by atoms with Crippen molar-refractivity contribution in [3.8, 4) is 5.75 Å². The first kappa shape index (κ1) is 22.3. The number of ether oxygens (including phenoxy) is 2. The number of methoxy groups -OCH3 is 2.